The van der Waals surface area contributed by atoms with E-state index in [9.17, 15) is 9.59 Å². The van der Waals surface area contributed by atoms with Crippen LogP contribution in [0.15, 0.2) is 89.8 Å². The molecule has 0 unspecified atom stereocenters. The van der Waals surface area contributed by atoms with Gasteiger partial charge in [-0.05, 0) is 51.0 Å². The van der Waals surface area contributed by atoms with Crippen molar-refractivity contribution in [2.45, 2.75) is 63.6 Å². The molecule has 0 saturated heterocycles. The highest BCUT2D eigenvalue weighted by Crippen LogP contribution is 2.21. The lowest BCUT2D eigenvalue weighted by Gasteiger charge is -2.34. The van der Waals surface area contributed by atoms with Gasteiger partial charge in [0.15, 0.2) is 0 Å². The van der Waals surface area contributed by atoms with Gasteiger partial charge in [-0.1, -0.05) is 78.4 Å². The lowest BCUT2D eigenvalue weighted by molar-refractivity contribution is -0.141. The molecule has 0 radical (unpaired) electrons. The molecule has 1 atom stereocenters. The fourth-order valence-corrected chi connectivity index (χ4v) is 4.79. The fraction of sp³-hybridized carbons (Fsp3) is 0.333. The zero-order valence-electron chi connectivity index (χ0n) is 21.2. The molecule has 0 aromatic heterocycles. The average molecular weight is 489 g/mol. The first kappa shape index (κ1) is 26.6. The summed E-state index contributed by atoms with van der Waals surface area (Å²) in [5.41, 5.74) is 2.79. The zero-order chi connectivity index (χ0) is 25.3. The first-order chi connectivity index (χ1) is 16.7. The second kappa shape index (κ2) is 12.6. The monoisotopic (exact) mass is 488 g/mol. The van der Waals surface area contributed by atoms with Crippen LogP contribution in [0.4, 0.5) is 0 Å². The molecule has 35 heavy (non-hydrogen) atoms. The topological polar surface area (TPSA) is 49.4 Å². The quantitative estimate of drug-likeness (QED) is 0.354. The number of carbonyl (C=O) groups is 2. The Morgan fingerprint density at radius 2 is 1.51 bits per heavy atom. The predicted molar refractivity (Wildman–Crippen MR) is 145 cm³/mol. The standard InChI is InChI=1S/C30H36N2O2S/c1-23-12-11-15-25(20-23)22-32(28(33)18-19-35-26-16-9-6-10-17-26)27(29(34)31-30(2,3)4)21-24-13-7-5-8-14-24/h5-17,20,27H,18-19,21-22H2,1-4H3,(H,31,34)/t27-/m1/s1. The maximum Gasteiger partial charge on any atom is 0.243 e. The normalized spacial score (nSPS) is 12.1. The van der Waals surface area contributed by atoms with E-state index in [-0.39, 0.29) is 11.8 Å². The summed E-state index contributed by atoms with van der Waals surface area (Å²) in [6.07, 6.45) is 0.825. The molecule has 0 aliphatic heterocycles. The maximum absolute atomic E-state index is 13.7. The van der Waals surface area contributed by atoms with Crippen LogP contribution in [-0.2, 0) is 22.6 Å². The molecule has 2 amide bonds. The van der Waals surface area contributed by atoms with Gasteiger partial charge in [-0.15, -0.1) is 11.8 Å². The number of carbonyl (C=O) groups excluding carboxylic acids is 2. The number of nitrogens with one attached hydrogen (secondary N) is 1. The average Bonchev–Trinajstić information content (AvgIpc) is 2.81. The summed E-state index contributed by atoms with van der Waals surface area (Å²) in [4.78, 5) is 30.1. The number of hydrogen-bond donors (Lipinski definition) is 1. The minimum atomic E-state index is -0.605. The highest BCUT2D eigenvalue weighted by Gasteiger charge is 2.32. The highest BCUT2D eigenvalue weighted by atomic mass is 32.2. The number of aryl methyl sites for hydroxylation is 1. The summed E-state index contributed by atoms with van der Waals surface area (Å²) >= 11 is 1.66. The summed E-state index contributed by atoms with van der Waals surface area (Å²) in [6, 6.07) is 27.6. The van der Waals surface area contributed by atoms with Crippen LogP contribution in [0.3, 0.4) is 0 Å². The number of nitrogens with zero attached hydrogens (tertiary/aromatic N) is 1. The van der Waals surface area contributed by atoms with Crippen molar-refractivity contribution in [3.05, 3.63) is 102 Å². The van der Waals surface area contributed by atoms with E-state index in [1.807, 2.05) is 94.4 Å². The first-order valence-corrected chi connectivity index (χ1v) is 13.1. The van der Waals surface area contributed by atoms with E-state index < -0.39 is 11.6 Å². The second-order valence-corrected chi connectivity index (χ2v) is 11.0. The molecule has 1 N–H and O–H groups in total. The minimum Gasteiger partial charge on any atom is -0.350 e. The molecule has 0 aliphatic carbocycles. The van der Waals surface area contributed by atoms with E-state index in [0.29, 0.717) is 25.1 Å². The number of hydrogen-bond acceptors (Lipinski definition) is 3. The number of rotatable bonds is 10. The third-order valence-corrected chi connectivity index (χ3v) is 6.55. The Kier molecular flexibility index (Phi) is 9.55. The van der Waals surface area contributed by atoms with E-state index in [2.05, 4.69) is 23.5 Å². The molecule has 3 aromatic rings. The molecule has 0 bridgehead atoms. The van der Waals surface area contributed by atoms with Crippen molar-refractivity contribution in [1.82, 2.24) is 10.2 Å². The van der Waals surface area contributed by atoms with Gasteiger partial charge >= 0.3 is 0 Å². The fourth-order valence-electron chi connectivity index (χ4n) is 3.93. The van der Waals surface area contributed by atoms with Crippen molar-refractivity contribution in [2.75, 3.05) is 5.75 Å². The van der Waals surface area contributed by atoms with Gasteiger partial charge in [0, 0.05) is 35.6 Å². The molecule has 0 fully saturated rings. The van der Waals surface area contributed by atoms with Crippen LogP contribution in [0.1, 0.15) is 43.9 Å². The Morgan fingerprint density at radius 1 is 0.886 bits per heavy atom. The van der Waals surface area contributed by atoms with Crippen LogP contribution in [0.2, 0.25) is 0 Å². The lowest BCUT2D eigenvalue weighted by atomic mass is 10.00. The zero-order valence-corrected chi connectivity index (χ0v) is 22.0. The summed E-state index contributed by atoms with van der Waals surface area (Å²) in [5.74, 6) is 0.518. The van der Waals surface area contributed by atoms with E-state index in [1.165, 1.54) is 0 Å². The summed E-state index contributed by atoms with van der Waals surface area (Å²) in [5, 5.41) is 3.12. The smallest absolute Gasteiger partial charge is 0.243 e. The molecule has 5 heteroatoms. The summed E-state index contributed by atoms with van der Waals surface area (Å²) in [7, 11) is 0. The van der Waals surface area contributed by atoms with Gasteiger partial charge in [-0.25, -0.2) is 0 Å². The van der Waals surface area contributed by atoms with Crippen LogP contribution in [0, 0.1) is 6.92 Å². The molecule has 4 nitrogen and oxygen atoms in total. The van der Waals surface area contributed by atoms with Crippen molar-refractivity contribution in [2.24, 2.45) is 0 Å². The van der Waals surface area contributed by atoms with Crippen LogP contribution >= 0.6 is 11.8 Å². The summed E-state index contributed by atoms with van der Waals surface area (Å²) < 4.78 is 0. The molecular weight excluding hydrogens is 452 g/mol. The molecule has 3 rings (SSSR count). The second-order valence-electron chi connectivity index (χ2n) is 9.87. The lowest BCUT2D eigenvalue weighted by Crippen LogP contribution is -2.54. The number of amides is 2. The molecule has 0 saturated carbocycles. The number of thioether (sulfide) groups is 1. The van der Waals surface area contributed by atoms with Gasteiger partial charge in [-0.2, -0.15) is 0 Å². The highest BCUT2D eigenvalue weighted by molar-refractivity contribution is 7.99. The maximum atomic E-state index is 13.7. The summed E-state index contributed by atoms with van der Waals surface area (Å²) in [6.45, 7) is 8.33. The van der Waals surface area contributed by atoms with Crippen LogP contribution < -0.4 is 5.32 Å². The number of benzene rings is 3. The van der Waals surface area contributed by atoms with Crippen molar-refractivity contribution in [3.63, 3.8) is 0 Å². The van der Waals surface area contributed by atoms with E-state index in [4.69, 9.17) is 0 Å². The Bertz CT molecular complexity index is 1090. The predicted octanol–water partition coefficient (Wildman–Crippen LogP) is 6.03. The van der Waals surface area contributed by atoms with Gasteiger partial charge < -0.3 is 10.2 Å². The molecule has 0 heterocycles. The SMILES string of the molecule is Cc1cccc(CN(C(=O)CCSc2ccccc2)[C@H](Cc2ccccc2)C(=O)NC(C)(C)C)c1. The van der Waals surface area contributed by atoms with Crippen molar-refractivity contribution < 1.29 is 9.59 Å². The van der Waals surface area contributed by atoms with E-state index in [0.717, 1.165) is 21.6 Å². The third-order valence-electron chi connectivity index (χ3n) is 5.53. The molecule has 3 aromatic carbocycles. The van der Waals surface area contributed by atoms with Gasteiger partial charge in [-0.3, -0.25) is 9.59 Å². The molecule has 0 spiro atoms. The van der Waals surface area contributed by atoms with Crippen LogP contribution in [0.5, 0.6) is 0 Å². The van der Waals surface area contributed by atoms with Crippen LogP contribution in [-0.4, -0.2) is 34.0 Å². The van der Waals surface area contributed by atoms with Crippen molar-refractivity contribution in [1.29, 1.82) is 0 Å². The van der Waals surface area contributed by atoms with Gasteiger partial charge in [0.2, 0.25) is 11.8 Å². The van der Waals surface area contributed by atoms with Crippen molar-refractivity contribution >= 4 is 23.6 Å². The molecule has 184 valence electrons. The molecule has 0 aliphatic rings. The Labute approximate surface area is 214 Å². The Balaban J connectivity index is 1.87. The van der Waals surface area contributed by atoms with Gasteiger partial charge in [0.1, 0.15) is 6.04 Å². The van der Waals surface area contributed by atoms with Gasteiger partial charge in [0.05, 0.1) is 0 Å². The van der Waals surface area contributed by atoms with Crippen molar-refractivity contribution in [3.8, 4) is 0 Å². The Morgan fingerprint density at radius 3 is 2.14 bits per heavy atom. The largest absolute Gasteiger partial charge is 0.350 e. The Hall–Kier alpha value is -3.05. The van der Waals surface area contributed by atoms with Gasteiger partial charge in [0.25, 0.3) is 0 Å². The molecular formula is C30H36N2O2S. The first-order valence-electron chi connectivity index (χ1n) is 12.1. The van der Waals surface area contributed by atoms with E-state index in [1.54, 1.807) is 16.7 Å². The minimum absolute atomic E-state index is 0.0140. The third kappa shape index (κ3) is 8.91. The van der Waals surface area contributed by atoms with Crippen LogP contribution in [0.25, 0.3) is 0 Å². The van der Waals surface area contributed by atoms with E-state index >= 15 is 0 Å².